The third-order valence-electron chi connectivity index (χ3n) is 1.90. The fraction of sp³-hybridized carbons (Fsp3) is 0.455. The summed E-state index contributed by atoms with van der Waals surface area (Å²) in [7, 11) is 0. The van der Waals surface area contributed by atoms with E-state index in [2.05, 4.69) is 49.7 Å². The maximum absolute atomic E-state index is 3.45. The van der Waals surface area contributed by atoms with Gasteiger partial charge in [0.1, 0.15) is 0 Å². The van der Waals surface area contributed by atoms with Gasteiger partial charge in [0.25, 0.3) is 0 Å². The predicted octanol–water partition coefficient (Wildman–Crippen LogP) is 3.36. The van der Waals surface area contributed by atoms with Crippen LogP contribution in [0.15, 0.2) is 29.2 Å². The molecular weight excluding hydrogens is 178 g/mol. The Morgan fingerprint density at radius 1 is 1.62 bits per heavy atom. The Hall–Kier alpha value is -0.600. The number of thiophene rings is 1. The third-order valence-corrected chi connectivity index (χ3v) is 2.96. The van der Waals surface area contributed by atoms with Crippen molar-refractivity contribution < 1.29 is 0 Å². The first-order valence-corrected chi connectivity index (χ1v) is 5.48. The zero-order chi connectivity index (χ0) is 9.68. The van der Waals surface area contributed by atoms with Crippen molar-refractivity contribution in [3.8, 4) is 0 Å². The normalized spacial score (nSPS) is 12.5. The highest BCUT2D eigenvalue weighted by Crippen LogP contribution is 2.17. The lowest BCUT2D eigenvalue weighted by Gasteiger charge is -2.09. The summed E-state index contributed by atoms with van der Waals surface area (Å²) in [6, 6.07) is 4.74. The van der Waals surface area contributed by atoms with Gasteiger partial charge >= 0.3 is 0 Å². The second-order valence-electron chi connectivity index (χ2n) is 3.43. The van der Waals surface area contributed by atoms with E-state index in [0.717, 1.165) is 6.54 Å². The SMILES string of the molecule is CC(C)=CCN[C@@H](C)c1cccs1. The van der Waals surface area contributed by atoms with Crippen LogP contribution in [0.25, 0.3) is 0 Å². The van der Waals surface area contributed by atoms with E-state index in [-0.39, 0.29) is 0 Å². The van der Waals surface area contributed by atoms with Gasteiger partial charge in [-0.25, -0.2) is 0 Å². The van der Waals surface area contributed by atoms with Crippen molar-refractivity contribution in [1.29, 1.82) is 0 Å². The van der Waals surface area contributed by atoms with Crippen molar-refractivity contribution in [2.24, 2.45) is 0 Å². The molecule has 0 saturated heterocycles. The monoisotopic (exact) mass is 195 g/mol. The lowest BCUT2D eigenvalue weighted by molar-refractivity contribution is 0.626. The minimum Gasteiger partial charge on any atom is -0.306 e. The molecule has 2 heteroatoms. The first kappa shape index (κ1) is 10.5. The smallest absolute Gasteiger partial charge is 0.0388 e. The average molecular weight is 195 g/mol. The summed E-state index contributed by atoms with van der Waals surface area (Å²) in [4.78, 5) is 1.40. The fourth-order valence-corrected chi connectivity index (χ4v) is 1.84. The average Bonchev–Trinajstić information content (AvgIpc) is 2.55. The highest BCUT2D eigenvalue weighted by molar-refractivity contribution is 7.10. The van der Waals surface area contributed by atoms with Crippen molar-refractivity contribution in [2.75, 3.05) is 6.54 Å². The van der Waals surface area contributed by atoms with Crippen LogP contribution < -0.4 is 5.32 Å². The fourth-order valence-electron chi connectivity index (χ4n) is 1.08. The molecule has 1 aromatic heterocycles. The molecule has 1 atom stereocenters. The van der Waals surface area contributed by atoms with Crippen LogP contribution in [0.2, 0.25) is 0 Å². The Kier molecular flexibility index (Phi) is 4.19. The molecule has 0 aromatic carbocycles. The highest BCUT2D eigenvalue weighted by Gasteiger charge is 2.02. The van der Waals surface area contributed by atoms with Crippen LogP contribution in [0.5, 0.6) is 0 Å². The molecule has 13 heavy (non-hydrogen) atoms. The molecule has 1 N–H and O–H groups in total. The van der Waals surface area contributed by atoms with E-state index in [9.17, 15) is 0 Å². The van der Waals surface area contributed by atoms with E-state index >= 15 is 0 Å². The predicted molar refractivity (Wildman–Crippen MR) is 60.2 cm³/mol. The molecule has 1 nitrogen and oxygen atoms in total. The van der Waals surface area contributed by atoms with Crippen molar-refractivity contribution in [3.05, 3.63) is 34.0 Å². The van der Waals surface area contributed by atoms with Gasteiger partial charge in [-0.2, -0.15) is 0 Å². The van der Waals surface area contributed by atoms with Crippen LogP contribution in [0.3, 0.4) is 0 Å². The van der Waals surface area contributed by atoms with Crippen molar-refractivity contribution >= 4 is 11.3 Å². The van der Waals surface area contributed by atoms with Gasteiger partial charge < -0.3 is 5.32 Å². The van der Waals surface area contributed by atoms with E-state index in [4.69, 9.17) is 0 Å². The minimum atomic E-state index is 0.468. The Morgan fingerprint density at radius 3 is 2.92 bits per heavy atom. The van der Waals surface area contributed by atoms with Crippen LogP contribution in [0.4, 0.5) is 0 Å². The number of rotatable bonds is 4. The van der Waals surface area contributed by atoms with Crippen LogP contribution in [-0.4, -0.2) is 6.54 Å². The van der Waals surface area contributed by atoms with Gasteiger partial charge in [0.2, 0.25) is 0 Å². The maximum atomic E-state index is 3.45. The lowest BCUT2D eigenvalue weighted by Crippen LogP contribution is -2.17. The van der Waals surface area contributed by atoms with Gasteiger partial charge in [-0.05, 0) is 32.2 Å². The second-order valence-corrected chi connectivity index (χ2v) is 4.41. The molecule has 1 rings (SSSR count). The molecule has 0 saturated carbocycles. The Labute approximate surface area is 84.5 Å². The van der Waals surface area contributed by atoms with E-state index in [1.165, 1.54) is 10.5 Å². The summed E-state index contributed by atoms with van der Waals surface area (Å²) in [5, 5.41) is 5.57. The van der Waals surface area contributed by atoms with Crippen LogP contribution in [0.1, 0.15) is 31.7 Å². The molecule has 0 radical (unpaired) electrons. The molecule has 0 unspecified atom stereocenters. The molecular formula is C11H17NS. The first-order valence-electron chi connectivity index (χ1n) is 4.60. The molecule has 0 fully saturated rings. The van der Waals surface area contributed by atoms with Gasteiger partial charge in [-0.3, -0.25) is 0 Å². The molecule has 0 aliphatic carbocycles. The molecule has 0 spiro atoms. The van der Waals surface area contributed by atoms with Crippen molar-refractivity contribution in [3.63, 3.8) is 0 Å². The zero-order valence-corrected chi connectivity index (χ0v) is 9.32. The van der Waals surface area contributed by atoms with E-state index in [1.54, 1.807) is 11.3 Å². The van der Waals surface area contributed by atoms with Gasteiger partial charge in [0.15, 0.2) is 0 Å². The Balaban J connectivity index is 2.34. The topological polar surface area (TPSA) is 12.0 Å². The van der Waals surface area contributed by atoms with Crippen LogP contribution in [0, 0.1) is 0 Å². The number of allylic oxidation sites excluding steroid dienone is 1. The Bertz CT molecular complexity index is 258. The Morgan fingerprint density at radius 2 is 2.38 bits per heavy atom. The van der Waals surface area contributed by atoms with Gasteiger partial charge in [-0.1, -0.05) is 17.7 Å². The van der Waals surface area contributed by atoms with Crippen LogP contribution in [-0.2, 0) is 0 Å². The molecule has 0 aliphatic heterocycles. The molecule has 1 aromatic rings. The summed E-state index contributed by atoms with van der Waals surface area (Å²) >= 11 is 1.81. The van der Waals surface area contributed by atoms with E-state index in [1.807, 2.05) is 0 Å². The largest absolute Gasteiger partial charge is 0.306 e. The van der Waals surface area contributed by atoms with E-state index in [0.29, 0.717) is 6.04 Å². The quantitative estimate of drug-likeness (QED) is 0.726. The molecule has 0 aliphatic rings. The standard InChI is InChI=1S/C11H17NS/c1-9(2)6-7-12-10(3)11-5-4-8-13-11/h4-6,8,10,12H,7H2,1-3H3/t10-/m0/s1. The van der Waals surface area contributed by atoms with E-state index < -0.39 is 0 Å². The zero-order valence-electron chi connectivity index (χ0n) is 8.50. The third kappa shape index (κ3) is 3.75. The van der Waals surface area contributed by atoms with Crippen molar-refractivity contribution in [2.45, 2.75) is 26.8 Å². The van der Waals surface area contributed by atoms with Crippen LogP contribution >= 0.6 is 11.3 Å². The maximum Gasteiger partial charge on any atom is 0.0388 e. The minimum absolute atomic E-state index is 0.468. The number of nitrogens with one attached hydrogen (secondary N) is 1. The lowest BCUT2D eigenvalue weighted by atomic mass is 10.2. The number of hydrogen-bond donors (Lipinski definition) is 1. The van der Waals surface area contributed by atoms with Gasteiger partial charge in [0, 0.05) is 17.5 Å². The first-order chi connectivity index (χ1) is 6.20. The molecule has 0 amide bonds. The number of hydrogen-bond acceptors (Lipinski definition) is 2. The van der Waals surface area contributed by atoms with Crippen molar-refractivity contribution in [1.82, 2.24) is 5.32 Å². The summed E-state index contributed by atoms with van der Waals surface area (Å²) in [6.45, 7) is 7.40. The summed E-state index contributed by atoms with van der Waals surface area (Å²) in [5.74, 6) is 0. The second kappa shape index (κ2) is 5.20. The molecule has 0 bridgehead atoms. The summed E-state index contributed by atoms with van der Waals surface area (Å²) in [6.07, 6.45) is 2.21. The van der Waals surface area contributed by atoms with Gasteiger partial charge in [0.05, 0.1) is 0 Å². The summed E-state index contributed by atoms with van der Waals surface area (Å²) in [5.41, 5.74) is 1.37. The molecule has 72 valence electrons. The van der Waals surface area contributed by atoms with Gasteiger partial charge in [-0.15, -0.1) is 11.3 Å². The summed E-state index contributed by atoms with van der Waals surface area (Å²) < 4.78 is 0. The molecule has 1 heterocycles. The highest BCUT2D eigenvalue weighted by atomic mass is 32.1.